The second-order valence-corrected chi connectivity index (χ2v) is 3.82. The van der Waals surface area contributed by atoms with Crippen LogP contribution in [0.3, 0.4) is 0 Å². The van der Waals surface area contributed by atoms with Crippen molar-refractivity contribution in [1.29, 1.82) is 0 Å². The van der Waals surface area contributed by atoms with Crippen LogP contribution in [0.25, 0.3) is 0 Å². The van der Waals surface area contributed by atoms with Gasteiger partial charge in [-0.3, -0.25) is 4.98 Å². The molecule has 1 rings (SSSR count). The molecule has 90 valence electrons. The highest BCUT2D eigenvalue weighted by molar-refractivity contribution is 6.31. The molecule has 0 aliphatic heterocycles. The molecule has 0 amide bonds. The third kappa shape index (κ3) is 3.35. The zero-order valence-corrected chi connectivity index (χ0v) is 9.31. The zero-order chi connectivity index (χ0) is 12.3. The van der Waals surface area contributed by atoms with Crippen LogP contribution >= 0.6 is 11.6 Å². The summed E-state index contributed by atoms with van der Waals surface area (Å²) in [6.07, 6.45) is -3.70. The Kier molecular flexibility index (Phi) is 4.15. The Bertz CT molecular complexity index is 368. The number of alkyl halides is 3. The molecule has 1 N–H and O–H groups in total. The second-order valence-electron chi connectivity index (χ2n) is 3.42. The van der Waals surface area contributed by atoms with Gasteiger partial charge in [0.1, 0.15) is 0 Å². The lowest BCUT2D eigenvalue weighted by molar-refractivity contribution is -0.137. The summed E-state index contributed by atoms with van der Waals surface area (Å²) >= 11 is 5.66. The van der Waals surface area contributed by atoms with Gasteiger partial charge in [0.15, 0.2) is 0 Å². The quantitative estimate of drug-likeness (QED) is 0.898. The molecule has 0 spiro atoms. The van der Waals surface area contributed by atoms with Gasteiger partial charge in [-0.25, -0.2) is 0 Å². The van der Waals surface area contributed by atoms with Crippen molar-refractivity contribution in [3.05, 3.63) is 28.5 Å². The first kappa shape index (κ1) is 13.3. The van der Waals surface area contributed by atoms with Gasteiger partial charge in [-0.2, -0.15) is 13.2 Å². The molecule has 6 heteroatoms. The van der Waals surface area contributed by atoms with Gasteiger partial charge in [-0.15, -0.1) is 0 Å². The zero-order valence-electron chi connectivity index (χ0n) is 8.55. The molecule has 1 unspecified atom stereocenters. The molecule has 0 aliphatic rings. The summed E-state index contributed by atoms with van der Waals surface area (Å²) in [5, 5.41) is 9.28. The van der Waals surface area contributed by atoms with E-state index in [9.17, 15) is 18.3 Å². The van der Waals surface area contributed by atoms with Crippen LogP contribution in [-0.2, 0) is 12.6 Å². The summed E-state index contributed by atoms with van der Waals surface area (Å²) in [5.41, 5.74) is -0.601. The van der Waals surface area contributed by atoms with Crippen LogP contribution in [-0.4, -0.2) is 16.2 Å². The van der Waals surface area contributed by atoms with Crippen LogP contribution in [0, 0.1) is 0 Å². The highest BCUT2D eigenvalue weighted by atomic mass is 35.5. The number of aromatic nitrogens is 1. The molecule has 1 aromatic heterocycles. The molecule has 0 saturated carbocycles. The first-order valence-electron chi connectivity index (χ1n) is 4.74. The average molecular weight is 254 g/mol. The maximum Gasteiger partial charge on any atom is 0.417 e. The van der Waals surface area contributed by atoms with Crippen LogP contribution in [0.1, 0.15) is 24.6 Å². The Labute approximate surface area is 96.1 Å². The maximum atomic E-state index is 12.3. The molecule has 1 atom stereocenters. The van der Waals surface area contributed by atoms with E-state index in [1.54, 1.807) is 6.92 Å². The van der Waals surface area contributed by atoms with Crippen molar-refractivity contribution in [2.45, 2.75) is 32.0 Å². The maximum absolute atomic E-state index is 12.3. The smallest absolute Gasteiger partial charge is 0.393 e. The summed E-state index contributed by atoms with van der Waals surface area (Å²) in [5.74, 6) is 0. The predicted molar refractivity (Wildman–Crippen MR) is 54.3 cm³/mol. The van der Waals surface area contributed by atoms with E-state index in [1.807, 2.05) is 0 Å². The third-order valence-electron chi connectivity index (χ3n) is 2.14. The lowest BCUT2D eigenvalue weighted by Crippen LogP contribution is -2.12. The number of hydrogen-bond acceptors (Lipinski definition) is 2. The lowest BCUT2D eigenvalue weighted by atomic mass is 10.1. The number of rotatable bonds is 3. The number of aliphatic hydroxyl groups excluding tert-OH is 1. The van der Waals surface area contributed by atoms with Gasteiger partial charge < -0.3 is 5.11 Å². The van der Waals surface area contributed by atoms with E-state index in [2.05, 4.69) is 4.98 Å². The predicted octanol–water partition coefficient (Wildman–Crippen LogP) is 3.07. The van der Waals surface area contributed by atoms with E-state index in [-0.39, 0.29) is 17.1 Å². The van der Waals surface area contributed by atoms with E-state index in [1.165, 1.54) is 0 Å². The van der Waals surface area contributed by atoms with Crippen molar-refractivity contribution in [3.63, 3.8) is 0 Å². The van der Waals surface area contributed by atoms with Gasteiger partial charge in [0.25, 0.3) is 0 Å². The minimum Gasteiger partial charge on any atom is -0.393 e. The van der Waals surface area contributed by atoms with Crippen LogP contribution in [0.15, 0.2) is 12.3 Å². The Balaban J connectivity index is 2.92. The van der Waals surface area contributed by atoms with Gasteiger partial charge in [0.05, 0.1) is 22.4 Å². The number of hydrogen-bond donors (Lipinski definition) is 1. The molecule has 0 saturated heterocycles. The van der Waals surface area contributed by atoms with Crippen LogP contribution < -0.4 is 0 Å². The third-order valence-corrected chi connectivity index (χ3v) is 2.47. The van der Waals surface area contributed by atoms with Crippen molar-refractivity contribution in [2.75, 3.05) is 0 Å². The highest BCUT2D eigenvalue weighted by Gasteiger charge is 2.31. The molecular weight excluding hydrogens is 243 g/mol. The summed E-state index contributed by atoms with van der Waals surface area (Å²) in [4.78, 5) is 3.62. The van der Waals surface area contributed by atoms with Crippen LogP contribution in [0.2, 0.25) is 5.02 Å². The Morgan fingerprint density at radius 1 is 1.50 bits per heavy atom. The molecule has 2 nitrogen and oxygen atoms in total. The first-order chi connectivity index (χ1) is 7.34. The van der Waals surface area contributed by atoms with E-state index in [4.69, 9.17) is 11.6 Å². The van der Waals surface area contributed by atoms with Crippen molar-refractivity contribution in [2.24, 2.45) is 0 Å². The summed E-state index contributed by atoms with van der Waals surface area (Å²) in [6, 6.07) is 0.826. The summed E-state index contributed by atoms with van der Waals surface area (Å²) in [7, 11) is 0. The van der Waals surface area contributed by atoms with Crippen molar-refractivity contribution in [1.82, 2.24) is 4.98 Å². The van der Waals surface area contributed by atoms with Gasteiger partial charge >= 0.3 is 6.18 Å². The molecule has 16 heavy (non-hydrogen) atoms. The van der Waals surface area contributed by atoms with Gasteiger partial charge in [0.2, 0.25) is 0 Å². The molecule has 0 bridgehead atoms. The van der Waals surface area contributed by atoms with Crippen molar-refractivity contribution >= 4 is 11.6 Å². The first-order valence-corrected chi connectivity index (χ1v) is 5.12. The fraction of sp³-hybridized carbons (Fsp3) is 0.500. The van der Waals surface area contributed by atoms with Crippen molar-refractivity contribution < 1.29 is 18.3 Å². The Morgan fingerprint density at radius 2 is 2.12 bits per heavy atom. The standard InChI is InChI=1S/C10H11ClF3NO/c1-2-7(16)4-9-8(11)3-6(5-15-9)10(12,13)14/h3,5,7,16H,2,4H2,1H3. The van der Waals surface area contributed by atoms with E-state index in [0.29, 0.717) is 6.42 Å². The van der Waals surface area contributed by atoms with E-state index >= 15 is 0 Å². The molecule has 0 aliphatic carbocycles. The fourth-order valence-corrected chi connectivity index (χ4v) is 1.38. The van der Waals surface area contributed by atoms with Gasteiger partial charge in [0, 0.05) is 12.6 Å². The lowest BCUT2D eigenvalue weighted by Gasteiger charge is -2.11. The normalized spacial score (nSPS) is 13.9. The topological polar surface area (TPSA) is 33.1 Å². The average Bonchev–Trinajstić information content (AvgIpc) is 2.19. The minimum absolute atomic E-state index is 0.0673. The largest absolute Gasteiger partial charge is 0.417 e. The van der Waals surface area contributed by atoms with E-state index in [0.717, 1.165) is 12.3 Å². The van der Waals surface area contributed by atoms with Crippen LogP contribution in [0.5, 0.6) is 0 Å². The number of pyridine rings is 1. The number of aliphatic hydroxyl groups is 1. The van der Waals surface area contributed by atoms with Crippen molar-refractivity contribution in [3.8, 4) is 0 Å². The van der Waals surface area contributed by atoms with E-state index < -0.39 is 17.8 Å². The van der Waals surface area contributed by atoms with Crippen LogP contribution in [0.4, 0.5) is 13.2 Å². The molecule has 1 aromatic rings. The molecular formula is C10H11ClF3NO. The van der Waals surface area contributed by atoms with Gasteiger partial charge in [-0.05, 0) is 12.5 Å². The Hall–Kier alpha value is -0.810. The highest BCUT2D eigenvalue weighted by Crippen LogP contribution is 2.31. The SMILES string of the molecule is CCC(O)Cc1ncc(C(F)(F)F)cc1Cl. The molecule has 0 fully saturated rings. The molecule has 0 radical (unpaired) electrons. The Morgan fingerprint density at radius 3 is 2.56 bits per heavy atom. The monoisotopic (exact) mass is 253 g/mol. The summed E-state index contributed by atoms with van der Waals surface area (Å²) < 4.78 is 36.8. The second kappa shape index (κ2) is 5.01. The summed E-state index contributed by atoms with van der Waals surface area (Å²) in [6.45, 7) is 1.77. The fourth-order valence-electron chi connectivity index (χ4n) is 1.14. The molecule has 1 heterocycles. The number of nitrogens with zero attached hydrogens (tertiary/aromatic N) is 1. The number of halogens is 4. The van der Waals surface area contributed by atoms with Gasteiger partial charge in [-0.1, -0.05) is 18.5 Å². The molecule has 0 aromatic carbocycles. The minimum atomic E-state index is -4.45.